The highest BCUT2D eigenvalue weighted by Crippen LogP contribution is 2.31. The van der Waals surface area contributed by atoms with Gasteiger partial charge >= 0.3 is 0 Å². The number of rotatable bonds is 4. The molecule has 1 aliphatic rings. The number of imidazole rings is 1. The van der Waals surface area contributed by atoms with E-state index in [4.69, 9.17) is 4.98 Å². The van der Waals surface area contributed by atoms with E-state index in [0.717, 1.165) is 28.4 Å². The van der Waals surface area contributed by atoms with E-state index < -0.39 is 0 Å². The molecule has 4 nitrogen and oxygen atoms in total. The summed E-state index contributed by atoms with van der Waals surface area (Å²) in [6.07, 6.45) is 1.19. The number of para-hydroxylation sites is 2. The van der Waals surface area contributed by atoms with E-state index in [-0.39, 0.29) is 16.5 Å². The molecule has 124 valence electrons. The van der Waals surface area contributed by atoms with Crippen LogP contribution in [0.2, 0.25) is 0 Å². The Hall–Kier alpha value is -1.14. The SMILES string of the molecule is CC(C)n1c([C@H](C)NC(=O)C2SCCCS2)nc2ccccc21. The standard InChI is InChI=1S/C17H23N3OS2/c1-11(2)20-14-8-5-4-7-13(14)19-15(20)12(3)18-16(21)17-22-9-6-10-23-17/h4-5,7-8,11-12,17H,6,9-10H2,1-3H3,(H,18,21)/t12-/m0/s1. The Kier molecular flexibility index (Phi) is 5.21. The highest BCUT2D eigenvalue weighted by molar-refractivity contribution is 8.18. The first-order valence-corrected chi connectivity index (χ1v) is 10.2. The van der Waals surface area contributed by atoms with Gasteiger partial charge in [-0.3, -0.25) is 4.79 Å². The molecule has 0 aliphatic carbocycles. The Morgan fingerprint density at radius 1 is 1.26 bits per heavy atom. The number of carbonyl (C=O) groups is 1. The molecule has 1 fully saturated rings. The average Bonchev–Trinajstić information content (AvgIpc) is 2.95. The van der Waals surface area contributed by atoms with Gasteiger partial charge in [-0.05, 0) is 50.8 Å². The summed E-state index contributed by atoms with van der Waals surface area (Å²) in [5.74, 6) is 3.20. The molecule has 1 amide bonds. The van der Waals surface area contributed by atoms with Gasteiger partial charge in [0.2, 0.25) is 5.91 Å². The van der Waals surface area contributed by atoms with Crippen LogP contribution in [0.15, 0.2) is 24.3 Å². The topological polar surface area (TPSA) is 46.9 Å². The highest BCUT2D eigenvalue weighted by atomic mass is 32.2. The van der Waals surface area contributed by atoms with Crippen molar-refractivity contribution in [1.82, 2.24) is 14.9 Å². The molecule has 1 atom stereocenters. The number of nitrogens with zero attached hydrogens (tertiary/aromatic N) is 2. The minimum Gasteiger partial charge on any atom is -0.345 e. The predicted molar refractivity (Wildman–Crippen MR) is 100.0 cm³/mol. The fourth-order valence-corrected chi connectivity index (χ4v) is 5.53. The molecule has 0 radical (unpaired) electrons. The van der Waals surface area contributed by atoms with Crippen LogP contribution >= 0.6 is 23.5 Å². The Morgan fingerprint density at radius 3 is 2.65 bits per heavy atom. The summed E-state index contributed by atoms with van der Waals surface area (Å²) in [6.45, 7) is 6.33. The van der Waals surface area contributed by atoms with Gasteiger partial charge in [-0.25, -0.2) is 4.98 Å². The lowest BCUT2D eigenvalue weighted by Crippen LogP contribution is -2.35. The minimum atomic E-state index is -0.0968. The lowest BCUT2D eigenvalue weighted by molar-refractivity contribution is -0.119. The predicted octanol–water partition coefficient (Wildman–Crippen LogP) is 3.99. The third-order valence-electron chi connectivity index (χ3n) is 3.93. The fraction of sp³-hybridized carbons (Fsp3) is 0.529. The average molecular weight is 350 g/mol. The zero-order valence-electron chi connectivity index (χ0n) is 13.8. The lowest BCUT2D eigenvalue weighted by Gasteiger charge is -2.23. The molecule has 1 saturated heterocycles. The molecule has 1 N–H and O–H groups in total. The van der Waals surface area contributed by atoms with E-state index in [1.807, 2.05) is 25.1 Å². The van der Waals surface area contributed by atoms with E-state index in [2.05, 4.69) is 29.8 Å². The summed E-state index contributed by atoms with van der Waals surface area (Å²) in [4.78, 5) is 17.3. The van der Waals surface area contributed by atoms with Gasteiger partial charge in [0, 0.05) is 6.04 Å². The molecular formula is C17H23N3OS2. The maximum absolute atomic E-state index is 12.5. The Bertz CT molecular complexity index is 692. The largest absolute Gasteiger partial charge is 0.345 e. The summed E-state index contributed by atoms with van der Waals surface area (Å²) in [7, 11) is 0. The number of fused-ring (bicyclic) bond motifs is 1. The van der Waals surface area contributed by atoms with Crippen molar-refractivity contribution in [3.05, 3.63) is 30.1 Å². The Morgan fingerprint density at radius 2 is 1.96 bits per heavy atom. The summed E-state index contributed by atoms with van der Waals surface area (Å²) >= 11 is 3.50. The molecule has 1 aromatic carbocycles. The maximum Gasteiger partial charge on any atom is 0.243 e. The van der Waals surface area contributed by atoms with Gasteiger partial charge in [-0.15, -0.1) is 23.5 Å². The number of benzene rings is 1. The maximum atomic E-state index is 12.5. The fourth-order valence-electron chi connectivity index (χ4n) is 2.90. The lowest BCUT2D eigenvalue weighted by atomic mass is 10.2. The third-order valence-corrected chi connectivity index (χ3v) is 6.83. The van der Waals surface area contributed by atoms with Crippen LogP contribution in [0.4, 0.5) is 0 Å². The zero-order valence-corrected chi connectivity index (χ0v) is 15.4. The van der Waals surface area contributed by atoms with Crippen molar-refractivity contribution in [3.63, 3.8) is 0 Å². The molecule has 2 heterocycles. The second-order valence-electron chi connectivity index (χ2n) is 6.08. The molecular weight excluding hydrogens is 326 g/mol. The highest BCUT2D eigenvalue weighted by Gasteiger charge is 2.26. The second kappa shape index (κ2) is 7.18. The van der Waals surface area contributed by atoms with Crippen LogP contribution in [0.1, 0.15) is 45.1 Å². The van der Waals surface area contributed by atoms with Gasteiger partial charge in [0.15, 0.2) is 0 Å². The summed E-state index contributed by atoms with van der Waals surface area (Å²) < 4.78 is 2.24. The normalized spacial score (nSPS) is 17.6. The van der Waals surface area contributed by atoms with Crippen LogP contribution in [0.3, 0.4) is 0 Å². The van der Waals surface area contributed by atoms with E-state index in [0.29, 0.717) is 6.04 Å². The second-order valence-corrected chi connectivity index (χ2v) is 8.80. The van der Waals surface area contributed by atoms with Gasteiger partial charge in [0.25, 0.3) is 0 Å². The van der Waals surface area contributed by atoms with Crippen molar-refractivity contribution in [1.29, 1.82) is 0 Å². The summed E-state index contributed by atoms with van der Waals surface area (Å²) in [6, 6.07) is 8.36. The molecule has 6 heteroatoms. The Labute approximate surface area is 145 Å². The van der Waals surface area contributed by atoms with Gasteiger partial charge in [0.05, 0.1) is 17.1 Å². The van der Waals surface area contributed by atoms with Gasteiger partial charge in [0.1, 0.15) is 10.4 Å². The van der Waals surface area contributed by atoms with Crippen molar-refractivity contribution < 1.29 is 4.79 Å². The van der Waals surface area contributed by atoms with E-state index in [9.17, 15) is 4.79 Å². The van der Waals surface area contributed by atoms with Crippen molar-refractivity contribution in [2.24, 2.45) is 0 Å². The van der Waals surface area contributed by atoms with Crippen LogP contribution in [0.25, 0.3) is 11.0 Å². The number of thioether (sulfide) groups is 2. The van der Waals surface area contributed by atoms with Crippen LogP contribution in [0, 0.1) is 0 Å². The molecule has 1 aromatic heterocycles. The van der Waals surface area contributed by atoms with Crippen molar-refractivity contribution >= 4 is 40.5 Å². The first-order valence-electron chi connectivity index (χ1n) is 8.08. The van der Waals surface area contributed by atoms with E-state index in [1.54, 1.807) is 23.5 Å². The van der Waals surface area contributed by atoms with Crippen molar-refractivity contribution in [2.75, 3.05) is 11.5 Å². The number of aromatic nitrogens is 2. The molecule has 0 spiro atoms. The third kappa shape index (κ3) is 3.53. The molecule has 1 aliphatic heterocycles. The minimum absolute atomic E-state index is 0.0167. The van der Waals surface area contributed by atoms with E-state index >= 15 is 0 Å². The quantitative estimate of drug-likeness (QED) is 0.906. The van der Waals surface area contributed by atoms with Crippen LogP contribution < -0.4 is 5.32 Å². The van der Waals surface area contributed by atoms with Crippen molar-refractivity contribution in [2.45, 2.75) is 43.9 Å². The van der Waals surface area contributed by atoms with Gasteiger partial charge in [-0.2, -0.15) is 0 Å². The van der Waals surface area contributed by atoms with Crippen molar-refractivity contribution in [3.8, 4) is 0 Å². The molecule has 3 rings (SSSR count). The van der Waals surface area contributed by atoms with Crippen LogP contribution in [0.5, 0.6) is 0 Å². The molecule has 23 heavy (non-hydrogen) atoms. The molecule has 0 bridgehead atoms. The summed E-state index contributed by atoms with van der Waals surface area (Å²) in [5.41, 5.74) is 2.11. The number of hydrogen-bond donors (Lipinski definition) is 1. The molecule has 0 saturated carbocycles. The monoisotopic (exact) mass is 349 g/mol. The smallest absolute Gasteiger partial charge is 0.243 e. The molecule has 2 aromatic rings. The molecule has 0 unspecified atom stereocenters. The van der Waals surface area contributed by atoms with Crippen LogP contribution in [-0.4, -0.2) is 31.5 Å². The first-order chi connectivity index (χ1) is 11.1. The van der Waals surface area contributed by atoms with Gasteiger partial charge in [-0.1, -0.05) is 12.1 Å². The van der Waals surface area contributed by atoms with Crippen LogP contribution in [-0.2, 0) is 4.79 Å². The van der Waals surface area contributed by atoms with Gasteiger partial charge < -0.3 is 9.88 Å². The first kappa shape index (κ1) is 16.7. The zero-order chi connectivity index (χ0) is 16.4. The summed E-state index contributed by atoms with van der Waals surface area (Å²) in [5, 5.41) is 3.16. The number of nitrogens with one attached hydrogen (secondary N) is 1. The number of hydrogen-bond acceptors (Lipinski definition) is 4. The number of carbonyl (C=O) groups excluding carboxylic acids is 1. The number of amides is 1. The van der Waals surface area contributed by atoms with E-state index in [1.165, 1.54) is 6.42 Å². The Balaban J connectivity index is 1.84.